The van der Waals surface area contributed by atoms with Crippen LogP contribution in [0.4, 0.5) is 0 Å². The second kappa shape index (κ2) is 11.5. The zero-order valence-corrected chi connectivity index (χ0v) is 23.4. The van der Waals surface area contributed by atoms with Gasteiger partial charge in [0.2, 0.25) is 0 Å². The summed E-state index contributed by atoms with van der Waals surface area (Å²) < 4.78 is 17.7. The Morgan fingerprint density at radius 1 is 1.07 bits per heavy atom. The number of hydrogen-bond acceptors (Lipinski definition) is 7. The highest BCUT2D eigenvalue weighted by atomic mass is 16.5. The van der Waals surface area contributed by atoms with Crippen LogP contribution in [0, 0.1) is 12.8 Å². The van der Waals surface area contributed by atoms with E-state index in [1.54, 1.807) is 19.3 Å². The number of ether oxygens (including phenoxy) is 2. The first-order valence-electron chi connectivity index (χ1n) is 14.6. The number of fused-ring (bicyclic) bond motifs is 3. The minimum absolute atomic E-state index is 0.151. The van der Waals surface area contributed by atoms with Gasteiger partial charge in [0, 0.05) is 34.1 Å². The van der Waals surface area contributed by atoms with Crippen LogP contribution in [0.5, 0.6) is 11.5 Å². The number of carbonyl (C=O) groups excluding carboxylic acids is 1. The number of benzene rings is 2. The van der Waals surface area contributed by atoms with Crippen molar-refractivity contribution in [3.8, 4) is 11.5 Å². The van der Waals surface area contributed by atoms with E-state index in [0.717, 1.165) is 55.0 Å². The summed E-state index contributed by atoms with van der Waals surface area (Å²) in [5, 5.41) is 14.0. The third kappa shape index (κ3) is 4.92. The maximum Gasteiger partial charge on any atom is 0.342 e. The number of likely N-dealkylation sites (tertiary alicyclic amines) is 1. The van der Waals surface area contributed by atoms with Gasteiger partial charge in [-0.15, -0.1) is 0 Å². The van der Waals surface area contributed by atoms with Crippen LogP contribution >= 0.6 is 0 Å². The largest absolute Gasteiger partial charge is 0.507 e. The zero-order valence-electron chi connectivity index (χ0n) is 23.4. The number of rotatable bonds is 8. The summed E-state index contributed by atoms with van der Waals surface area (Å²) in [6.45, 7) is 4.23. The first kappa shape index (κ1) is 26.6. The number of nitrogens with zero attached hydrogens (tertiary/aromatic N) is 2. The van der Waals surface area contributed by atoms with Crippen molar-refractivity contribution in [2.45, 2.75) is 64.3 Å². The fraction of sp³-hybridized carbons (Fsp3) is 0.455. The van der Waals surface area contributed by atoms with E-state index in [2.05, 4.69) is 9.88 Å². The lowest BCUT2D eigenvalue weighted by Crippen LogP contribution is -2.34. The molecular formula is C33H38N2O5. The van der Waals surface area contributed by atoms with E-state index in [4.69, 9.17) is 13.9 Å². The highest BCUT2D eigenvalue weighted by molar-refractivity contribution is 6.17. The number of aryl methyl sites for hydroxylation is 1. The minimum Gasteiger partial charge on any atom is -0.507 e. The van der Waals surface area contributed by atoms with Crippen LogP contribution in [0.3, 0.4) is 0 Å². The molecule has 1 N–H and O–H groups in total. The fourth-order valence-corrected chi connectivity index (χ4v) is 6.80. The number of phenols is 1. The first-order chi connectivity index (χ1) is 19.6. The third-order valence-electron chi connectivity index (χ3n) is 8.81. The lowest BCUT2D eigenvalue weighted by atomic mass is 9.88. The van der Waals surface area contributed by atoms with Crippen molar-refractivity contribution in [3.05, 3.63) is 65.2 Å². The Kier molecular flexibility index (Phi) is 7.65. The summed E-state index contributed by atoms with van der Waals surface area (Å²) >= 11 is 0. The van der Waals surface area contributed by atoms with Gasteiger partial charge in [-0.25, -0.2) is 4.79 Å². The van der Waals surface area contributed by atoms with Gasteiger partial charge in [0.1, 0.15) is 28.4 Å². The topological polar surface area (TPSA) is 85.0 Å². The van der Waals surface area contributed by atoms with Crippen molar-refractivity contribution < 1.29 is 23.8 Å². The number of phenolic OH excluding ortho intramolecular Hbond substituents is 1. The van der Waals surface area contributed by atoms with Crippen LogP contribution in [0.15, 0.2) is 47.1 Å². The van der Waals surface area contributed by atoms with Gasteiger partial charge in [-0.2, -0.15) is 0 Å². The molecule has 3 heterocycles. The molecule has 6 rings (SSSR count). The van der Waals surface area contributed by atoms with E-state index < -0.39 is 5.97 Å². The van der Waals surface area contributed by atoms with Crippen LogP contribution in [0.1, 0.15) is 84.7 Å². The quantitative estimate of drug-likeness (QED) is 0.234. The van der Waals surface area contributed by atoms with E-state index in [1.165, 1.54) is 39.2 Å². The highest BCUT2D eigenvalue weighted by Gasteiger charge is 2.34. The van der Waals surface area contributed by atoms with E-state index in [-0.39, 0.29) is 11.8 Å². The first-order valence-corrected chi connectivity index (χ1v) is 14.6. The van der Waals surface area contributed by atoms with E-state index >= 15 is 0 Å². The lowest BCUT2D eigenvalue weighted by Gasteiger charge is -2.36. The van der Waals surface area contributed by atoms with Crippen LogP contribution in [0.2, 0.25) is 0 Å². The molecule has 2 fully saturated rings. The number of pyridine rings is 1. The Balaban J connectivity index is 1.54. The zero-order chi connectivity index (χ0) is 27.6. The molecule has 2 aromatic heterocycles. The van der Waals surface area contributed by atoms with Crippen molar-refractivity contribution in [2.75, 3.05) is 26.8 Å². The molecule has 7 nitrogen and oxygen atoms in total. The van der Waals surface area contributed by atoms with E-state index in [0.29, 0.717) is 39.8 Å². The van der Waals surface area contributed by atoms with Gasteiger partial charge >= 0.3 is 5.97 Å². The van der Waals surface area contributed by atoms with Crippen molar-refractivity contribution in [1.29, 1.82) is 0 Å². The summed E-state index contributed by atoms with van der Waals surface area (Å²) in [4.78, 5) is 19.8. The minimum atomic E-state index is -0.479. The van der Waals surface area contributed by atoms with Crippen LogP contribution in [-0.4, -0.2) is 47.8 Å². The maximum absolute atomic E-state index is 13.2. The molecule has 1 aliphatic heterocycles. The van der Waals surface area contributed by atoms with Gasteiger partial charge in [-0.05, 0) is 81.1 Å². The summed E-state index contributed by atoms with van der Waals surface area (Å²) in [6, 6.07) is 9.46. The second-order valence-corrected chi connectivity index (χ2v) is 11.3. The molecule has 0 bridgehead atoms. The average Bonchev–Trinajstić information content (AvgIpc) is 3.63. The standard InChI is InChI=1S/C33H38N2O5/c1-21-27(33(37)38-2)28-29(30(23-12-15-34-16-13-23)35-17-6-3-7-18-35)31(36)25-11-10-24(20-26(25)32(28)40-21)39-19-14-22-8-4-5-9-22/h10-13,15-16,20,22,30,36H,3-9,14,17-19H2,1-2H3. The van der Waals surface area contributed by atoms with Gasteiger partial charge in [0.15, 0.2) is 0 Å². The molecule has 0 radical (unpaired) electrons. The smallest absolute Gasteiger partial charge is 0.342 e. The molecule has 7 heteroatoms. The maximum atomic E-state index is 13.2. The normalized spacial score (nSPS) is 17.4. The molecule has 210 valence electrons. The molecule has 1 saturated heterocycles. The van der Waals surface area contributed by atoms with Crippen molar-refractivity contribution in [3.63, 3.8) is 0 Å². The molecule has 2 aromatic carbocycles. The predicted octanol–water partition coefficient (Wildman–Crippen LogP) is 7.32. The number of carbonyl (C=O) groups is 1. The highest BCUT2D eigenvalue weighted by Crippen LogP contribution is 2.48. The SMILES string of the molecule is COC(=O)c1c(C)oc2c1c(C(c1ccncc1)N1CCCCC1)c(O)c1ccc(OCCC3CCCC3)cc12. The number of aromatic nitrogens is 1. The number of aromatic hydroxyl groups is 1. The van der Waals surface area contributed by atoms with Gasteiger partial charge in [-0.1, -0.05) is 32.1 Å². The Labute approximate surface area is 235 Å². The average molecular weight is 543 g/mol. The van der Waals surface area contributed by atoms with Crippen LogP contribution in [0.25, 0.3) is 21.7 Å². The van der Waals surface area contributed by atoms with Gasteiger partial charge in [0.05, 0.1) is 19.8 Å². The molecule has 1 saturated carbocycles. The third-order valence-corrected chi connectivity index (χ3v) is 8.81. The molecule has 0 spiro atoms. The molecule has 1 aliphatic carbocycles. The number of esters is 1. The summed E-state index contributed by atoms with van der Waals surface area (Å²) in [7, 11) is 1.38. The summed E-state index contributed by atoms with van der Waals surface area (Å²) in [5.41, 5.74) is 2.60. The van der Waals surface area contributed by atoms with Crippen molar-refractivity contribution in [1.82, 2.24) is 9.88 Å². The number of hydrogen-bond donors (Lipinski definition) is 1. The van der Waals surface area contributed by atoms with E-state index in [1.807, 2.05) is 30.3 Å². The summed E-state index contributed by atoms with van der Waals surface area (Å²) in [6.07, 6.45) is 13.2. The van der Waals surface area contributed by atoms with Crippen molar-refractivity contribution >= 4 is 27.7 Å². The lowest BCUT2D eigenvalue weighted by molar-refractivity contribution is 0.0600. The monoisotopic (exact) mass is 542 g/mol. The van der Waals surface area contributed by atoms with Crippen molar-refractivity contribution in [2.24, 2.45) is 5.92 Å². The number of furan rings is 1. The fourth-order valence-electron chi connectivity index (χ4n) is 6.80. The van der Waals surface area contributed by atoms with Gasteiger partial charge < -0.3 is 19.0 Å². The molecule has 0 amide bonds. The van der Waals surface area contributed by atoms with E-state index in [9.17, 15) is 9.90 Å². The van der Waals surface area contributed by atoms with Crippen LogP contribution in [-0.2, 0) is 4.74 Å². The molecule has 1 atom stereocenters. The summed E-state index contributed by atoms with van der Waals surface area (Å²) in [5.74, 6) is 1.61. The van der Waals surface area contributed by atoms with Gasteiger partial charge in [0.25, 0.3) is 0 Å². The predicted molar refractivity (Wildman–Crippen MR) is 155 cm³/mol. The number of methoxy groups -OCH3 is 1. The molecule has 40 heavy (non-hydrogen) atoms. The molecule has 1 unspecified atom stereocenters. The number of piperidine rings is 1. The second-order valence-electron chi connectivity index (χ2n) is 11.3. The van der Waals surface area contributed by atoms with Crippen LogP contribution < -0.4 is 4.74 Å². The Bertz CT molecular complexity index is 1500. The molecular weight excluding hydrogens is 504 g/mol. The molecule has 4 aromatic rings. The Morgan fingerprint density at radius 2 is 1.82 bits per heavy atom. The van der Waals surface area contributed by atoms with Gasteiger partial charge in [-0.3, -0.25) is 9.88 Å². The Morgan fingerprint density at radius 3 is 2.55 bits per heavy atom. The molecule has 2 aliphatic rings. The Hall–Kier alpha value is -3.58.